The summed E-state index contributed by atoms with van der Waals surface area (Å²) in [7, 11) is 1.18. The Bertz CT molecular complexity index is 1680. The van der Waals surface area contributed by atoms with Crippen molar-refractivity contribution in [3.05, 3.63) is 85.1 Å². The summed E-state index contributed by atoms with van der Waals surface area (Å²) >= 11 is 0. The van der Waals surface area contributed by atoms with Gasteiger partial charge in [-0.3, -0.25) is 14.2 Å². The zero-order chi connectivity index (χ0) is 60.0. The van der Waals surface area contributed by atoms with Gasteiger partial charge in [-0.2, -0.15) is 0 Å². The Morgan fingerprint density at radius 2 is 0.780 bits per heavy atom. The number of unbranched alkanes of at least 4 members (excludes halogenated alkanes) is 34. The van der Waals surface area contributed by atoms with Gasteiger partial charge < -0.3 is 28.5 Å². The third-order valence-corrected chi connectivity index (χ3v) is 16.1. The molecule has 0 bridgehead atoms. The number of hydrogen-bond donors (Lipinski definition) is 1. The number of hydrogen-bond acceptors (Lipinski definition) is 7. The summed E-state index contributed by atoms with van der Waals surface area (Å²) in [5.74, 6) is -0.543. The molecular weight excluding hydrogens is 1040 g/mol. The van der Waals surface area contributed by atoms with Gasteiger partial charge in [0, 0.05) is 12.8 Å². The highest BCUT2D eigenvalue weighted by Gasteiger charge is 2.27. The number of nitrogens with zero attached hydrogens (tertiary/aromatic N) is 1. The van der Waals surface area contributed by atoms with Crippen molar-refractivity contribution >= 4 is 19.7 Å². The van der Waals surface area contributed by atoms with Crippen LogP contribution in [-0.2, 0) is 27.9 Å². The van der Waals surface area contributed by atoms with E-state index in [1.165, 1.54) is 167 Å². The highest BCUT2D eigenvalue weighted by Crippen LogP contribution is 2.38. The van der Waals surface area contributed by atoms with Crippen LogP contribution in [0.3, 0.4) is 0 Å². The highest BCUT2D eigenvalue weighted by atomic mass is 31.2. The predicted molar refractivity (Wildman–Crippen MR) is 353 cm³/mol. The number of carbonyl (C=O) groups excluding carboxylic acids is 2. The van der Waals surface area contributed by atoms with E-state index in [4.69, 9.17) is 13.8 Å². The topological polar surface area (TPSA) is 114 Å². The van der Waals surface area contributed by atoms with Gasteiger partial charge in [0.2, 0.25) is 5.91 Å². The maximum Gasteiger partial charge on any atom is 0.306 e. The lowest BCUT2D eigenvalue weighted by Gasteiger charge is -2.30. The Morgan fingerprint density at radius 1 is 0.439 bits per heavy atom. The average molecular weight is 1170 g/mol. The molecular formula is C72H131N2O7P. The standard InChI is InChI=1S/C72H131N2O7P/c1-7-10-13-16-19-22-25-28-30-32-33-34-35-36-37-38-39-40-41-43-44-46-49-52-55-58-61-64-71(75)73-69(68-80-82(77,78)79-67-66-74(4,5)6)70(63-60-57-54-51-48-27-24-21-18-15-12-9-3)81-72(76)65-62-59-56-53-50-47-45-42-31-29-26-23-20-17-14-11-8-2/h10,13,19,22,28,30,33-34,36-37,39-40,60,63,69-70H,7-9,11-12,14-18,20-21,23-27,29,31-32,35,38,41-59,61-62,64-68H2,1-6H3,(H-,73,75,77,78)/b13-10-,22-19-,30-28-,34-33-,37-36-,40-39-,63-60-. The summed E-state index contributed by atoms with van der Waals surface area (Å²) < 4.78 is 30.4. The monoisotopic (exact) mass is 1170 g/mol. The van der Waals surface area contributed by atoms with E-state index in [1.54, 1.807) is 0 Å². The quantitative estimate of drug-likeness (QED) is 0.0212. The number of phosphoric acid groups is 1. The van der Waals surface area contributed by atoms with Crippen molar-refractivity contribution in [1.29, 1.82) is 0 Å². The lowest BCUT2D eigenvalue weighted by molar-refractivity contribution is -0.870. The van der Waals surface area contributed by atoms with Crippen LogP contribution in [0, 0.1) is 0 Å². The van der Waals surface area contributed by atoms with Gasteiger partial charge >= 0.3 is 5.97 Å². The van der Waals surface area contributed by atoms with Gasteiger partial charge in [-0.15, -0.1) is 0 Å². The first kappa shape index (κ1) is 79.2. The second-order valence-electron chi connectivity index (χ2n) is 24.3. The molecule has 0 aromatic heterocycles. The molecule has 0 radical (unpaired) electrons. The molecule has 0 aromatic rings. The van der Waals surface area contributed by atoms with E-state index in [1.807, 2.05) is 33.3 Å². The lowest BCUT2D eigenvalue weighted by Crippen LogP contribution is -2.47. The summed E-state index contributed by atoms with van der Waals surface area (Å²) in [6.45, 7) is 6.75. The SMILES string of the molecule is CC/C=C\C/C=C\C/C=C\C/C=C\C/C=C\C/C=C\CCCCCCCCCCC(=O)NC(COP(=O)([O-])OCC[N+](C)(C)C)C(/C=C\CCCCCCCCCCCC)OC(=O)CCCCCCCCCCCCCCCCCCC. The van der Waals surface area contributed by atoms with Gasteiger partial charge in [0.15, 0.2) is 0 Å². The van der Waals surface area contributed by atoms with Gasteiger partial charge in [-0.25, -0.2) is 0 Å². The number of allylic oxidation sites excluding steroid dienone is 13. The van der Waals surface area contributed by atoms with Gasteiger partial charge in [0.1, 0.15) is 19.3 Å². The van der Waals surface area contributed by atoms with E-state index < -0.39 is 26.6 Å². The van der Waals surface area contributed by atoms with E-state index in [2.05, 4.69) is 99.0 Å². The first-order chi connectivity index (χ1) is 39.9. The van der Waals surface area contributed by atoms with Crippen LogP contribution >= 0.6 is 7.82 Å². The van der Waals surface area contributed by atoms with Gasteiger partial charge in [-0.1, -0.05) is 299 Å². The van der Waals surface area contributed by atoms with Crippen LogP contribution in [0.4, 0.5) is 0 Å². The van der Waals surface area contributed by atoms with Gasteiger partial charge in [-0.05, 0) is 83.1 Å². The van der Waals surface area contributed by atoms with Crippen molar-refractivity contribution in [2.24, 2.45) is 0 Å². The number of phosphoric ester groups is 1. The molecule has 3 unspecified atom stereocenters. The fraction of sp³-hybridized carbons (Fsp3) is 0.778. The summed E-state index contributed by atoms with van der Waals surface area (Å²) in [5.41, 5.74) is 0. The Hall–Kier alpha value is -2.81. The van der Waals surface area contributed by atoms with E-state index in [0.717, 1.165) is 109 Å². The number of amides is 1. The fourth-order valence-electron chi connectivity index (χ4n) is 9.82. The number of carbonyl (C=O) groups is 2. The highest BCUT2D eigenvalue weighted by molar-refractivity contribution is 7.45. The summed E-state index contributed by atoms with van der Waals surface area (Å²) in [5, 5.41) is 3.04. The normalized spacial score (nSPS) is 14.1. The molecule has 10 heteroatoms. The van der Waals surface area contributed by atoms with E-state index in [-0.39, 0.29) is 24.9 Å². The minimum absolute atomic E-state index is 0.0256. The smallest absolute Gasteiger partial charge is 0.306 e. The Morgan fingerprint density at radius 3 is 1.17 bits per heavy atom. The molecule has 0 aliphatic rings. The Labute approximate surface area is 507 Å². The largest absolute Gasteiger partial charge is 0.756 e. The molecule has 0 fully saturated rings. The van der Waals surface area contributed by atoms with E-state index in [9.17, 15) is 19.0 Å². The number of rotatable bonds is 62. The van der Waals surface area contributed by atoms with Crippen molar-refractivity contribution < 1.29 is 37.3 Å². The zero-order valence-electron chi connectivity index (χ0n) is 54.4. The molecule has 82 heavy (non-hydrogen) atoms. The van der Waals surface area contributed by atoms with Crippen LogP contribution in [0.5, 0.6) is 0 Å². The third-order valence-electron chi connectivity index (χ3n) is 15.1. The molecule has 0 spiro atoms. The molecule has 1 N–H and O–H groups in total. The van der Waals surface area contributed by atoms with E-state index >= 15 is 0 Å². The van der Waals surface area contributed by atoms with Gasteiger partial charge in [0.25, 0.3) is 7.82 Å². The molecule has 1 amide bonds. The zero-order valence-corrected chi connectivity index (χ0v) is 55.3. The second kappa shape index (κ2) is 61.3. The first-order valence-electron chi connectivity index (χ1n) is 34.4. The maximum atomic E-state index is 13.6. The fourth-order valence-corrected chi connectivity index (χ4v) is 10.5. The van der Waals surface area contributed by atoms with Crippen LogP contribution in [-0.4, -0.2) is 69.4 Å². The van der Waals surface area contributed by atoms with Crippen LogP contribution in [0.25, 0.3) is 0 Å². The number of quaternary nitrogens is 1. The van der Waals surface area contributed by atoms with Crippen molar-refractivity contribution in [1.82, 2.24) is 5.32 Å². The van der Waals surface area contributed by atoms with Crippen molar-refractivity contribution in [2.45, 2.75) is 322 Å². The van der Waals surface area contributed by atoms with Crippen LogP contribution < -0.4 is 10.2 Å². The van der Waals surface area contributed by atoms with Crippen molar-refractivity contribution in [3.8, 4) is 0 Å². The molecule has 0 rings (SSSR count). The molecule has 476 valence electrons. The number of likely N-dealkylation sites (N-methyl/N-ethyl adjacent to an activating group) is 1. The molecule has 0 saturated heterocycles. The predicted octanol–water partition coefficient (Wildman–Crippen LogP) is 21.1. The minimum Gasteiger partial charge on any atom is -0.756 e. The van der Waals surface area contributed by atoms with Gasteiger partial charge in [0.05, 0.1) is 33.8 Å². The summed E-state index contributed by atoms with van der Waals surface area (Å²) in [6, 6.07) is -0.895. The van der Waals surface area contributed by atoms with Crippen LogP contribution in [0.2, 0.25) is 0 Å². The Balaban J connectivity index is 5.10. The minimum atomic E-state index is -4.71. The average Bonchev–Trinajstić information content (AvgIpc) is 3.47. The maximum absolute atomic E-state index is 13.6. The molecule has 3 atom stereocenters. The summed E-state index contributed by atoms with van der Waals surface area (Å²) in [4.78, 5) is 40.1. The summed E-state index contributed by atoms with van der Waals surface area (Å²) in [6.07, 6.45) is 81.2. The molecule has 0 aromatic carbocycles. The van der Waals surface area contributed by atoms with Crippen LogP contribution in [0.15, 0.2) is 85.1 Å². The molecule has 9 nitrogen and oxygen atoms in total. The number of esters is 1. The molecule has 0 heterocycles. The first-order valence-corrected chi connectivity index (χ1v) is 35.9. The number of ether oxygens (including phenoxy) is 1. The van der Waals surface area contributed by atoms with E-state index in [0.29, 0.717) is 17.4 Å². The van der Waals surface area contributed by atoms with Crippen molar-refractivity contribution in [2.75, 3.05) is 40.9 Å². The van der Waals surface area contributed by atoms with Crippen LogP contribution in [0.1, 0.15) is 310 Å². The molecule has 0 saturated carbocycles. The number of nitrogens with one attached hydrogen (secondary N) is 1. The molecule has 0 aliphatic carbocycles. The Kier molecular flexibility index (Phi) is 59.2. The van der Waals surface area contributed by atoms with Crippen molar-refractivity contribution in [3.63, 3.8) is 0 Å². The molecule has 0 aliphatic heterocycles. The second-order valence-corrected chi connectivity index (χ2v) is 25.7. The lowest BCUT2D eigenvalue weighted by atomic mass is 10.0. The third kappa shape index (κ3) is 61.7.